The number of hydrogen-bond donors (Lipinski definition) is 1. The second-order valence-electron chi connectivity index (χ2n) is 4.40. The first-order valence-electron chi connectivity index (χ1n) is 5.79. The minimum Gasteiger partial charge on any atom is -0.387 e. The van der Waals surface area contributed by atoms with Gasteiger partial charge in [0.15, 0.2) is 0 Å². The number of aromatic nitrogens is 2. The first-order chi connectivity index (χ1) is 7.52. The van der Waals surface area contributed by atoms with Crippen LogP contribution in [0.5, 0.6) is 0 Å². The molecule has 4 nitrogen and oxygen atoms in total. The molecule has 0 fully saturated rings. The van der Waals surface area contributed by atoms with Crippen LogP contribution >= 0.6 is 0 Å². The molecular formula is C12H22N2O2. The molecule has 0 aliphatic rings. The van der Waals surface area contributed by atoms with E-state index < -0.39 is 5.60 Å². The molecule has 1 rings (SSSR count). The molecule has 1 atom stereocenters. The zero-order valence-electron chi connectivity index (χ0n) is 10.7. The minimum absolute atomic E-state index is 0.337. The lowest BCUT2D eigenvalue weighted by molar-refractivity contribution is -0.0173. The van der Waals surface area contributed by atoms with E-state index in [0.717, 1.165) is 24.4 Å². The van der Waals surface area contributed by atoms with E-state index in [1.54, 1.807) is 14.0 Å². The van der Waals surface area contributed by atoms with Crippen LogP contribution < -0.4 is 0 Å². The molecular weight excluding hydrogens is 204 g/mol. The van der Waals surface area contributed by atoms with Gasteiger partial charge in [-0.15, -0.1) is 0 Å². The zero-order chi connectivity index (χ0) is 12.2. The fourth-order valence-corrected chi connectivity index (χ4v) is 1.86. The van der Waals surface area contributed by atoms with Crippen molar-refractivity contribution in [3.63, 3.8) is 0 Å². The average Bonchev–Trinajstić information content (AvgIpc) is 2.59. The van der Waals surface area contributed by atoms with Crippen LogP contribution in [-0.4, -0.2) is 34.2 Å². The molecule has 1 heterocycles. The van der Waals surface area contributed by atoms with Crippen LogP contribution in [0.2, 0.25) is 0 Å². The van der Waals surface area contributed by atoms with E-state index >= 15 is 0 Å². The Morgan fingerprint density at radius 3 is 2.69 bits per heavy atom. The molecule has 16 heavy (non-hydrogen) atoms. The second-order valence-corrected chi connectivity index (χ2v) is 4.40. The summed E-state index contributed by atoms with van der Waals surface area (Å²) in [4.78, 5) is 0. The lowest BCUT2D eigenvalue weighted by Gasteiger charge is -2.22. The Labute approximate surface area is 97.2 Å². The van der Waals surface area contributed by atoms with Gasteiger partial charge in [0, 0.05) is 25.8 Å². The highest BCUT2D eigenvalue weighted by Crippen LogP contribution is 2.15. The molecule has 1 aromatic rings. The van der Waals surface area contributed by atoms with Crippen molar-refractivity contribution in [3.05, 3.63) is 17.5 Å². The Morgan fingerprint density at radius 1 is 1.50 bits per heavy atom. The minimum atomic E-state index is -0.827. The molecule has 0 amide bonds. The van der Waals surface area contributed by atoms with Crippen LogP contribution in [0.4, 0.5) is 0 Å². The standard InChI is InChI=1S/C12H22N2O2/c1-5-10-7-11(14(6-2)13-10)8-12(3,15)9-16-4/h7,15H,5-6,8-9H2,1-4H3. The van der Waals surface area contributed by atoms with E-state index in [1.165, 1.54) is 0 Å². The highest BCUT2D eigenvalue weighted by atomic mass is 16.5. The van der Waals surface area contributed by atoms with Crippen molar-refractivity contribution >= 4 is 0 Å². The van der Waals surface area contributed by atoms with E-state index in [2.05, 4.69) is 25.0 Å². The van der Waals surface area contributed by atoms with Gasteiger partial charge in [0.1, 0.15) is 0 Å². The van der Waals surface area contributed by atoms with Crippen molar-refractivity contribution in [1.82, 2.24) is 9.78 Å². The zero-order valence-corrected chi connectivity index (χ0v) is 10.7. The van der Waals surface area contributed by atoms with Crippen LogP contribution in [-0.2, 0) is 24.1 Å². The summed E-state index contributed by atoms with van der Waals surface area (Å²) in [6.07, 6.45) is 1.49. The number of methoxy groups -OCH3 is 1. The number of aryl methyl sites for hydroxylation is 2. The maximum absolute atomic E-state index is 10.1. The third-order valence-corrected chi connectivity index (χ3v) is 2.59. The molecule has 0 spiro atoms. The van der Waals surface area contributed by atoms with Gasteiger partial charge in [0.25, 0.3) is 0 Å². The molecule has 0 radical (unpaired) electrons. The van der Waals surface area contributed by atoms with Crippen LogP contribution in [0, 0.1) is 0 Å². The first-order valence-corrected chi connectivity index (χ1v) is 5.79. The van der Waals surface area contributed by atoms with Gasteiger partial charge in [-0.05, 0) is 26.3 Å². The molecule has 0 saturated carbocycles. The van der Waals surface area contributed by atoms with Gasteiger partial charge in [-0.1, -0.05) is 6.92 Å². The average molecular weight is 226 g/mol. The quantitative estimate of drug-likeness (QED) is 0.797. The molecule has 0 aliphatic carbocycles. The van der Waals surface area contributed by atoms with Gasteiger partial charge in [-0.25, -0.2) is 0 Å². The van der Waals surface area contributed by atoms with E-state index in [0.29, 0.717) is 13.0 Å². The molecule has 92 valence electrons. The van der Waals surface area contributed by atoms with Gasteiger partial charge >= 0.3 is 0 Å². The smallest absolute Gasteiger partial charge is 0.0907 e. The lowest BCUT2D eigenvalue weighted by Crippen LogP contribution is -2.33. The molecule has 0 saturated heterocycles. The van der Waals surface area contributed by atoms with Crippen LogP contribution in [0.3, 0.4) is 0 Å². The summed E-state index contributed by atoms with van der Waals surface area (Å²) in [7, 11) is 1.60. The molecule has 4 heteroatoms. The molecule has 0 aromatic carbocycles. The van der Waals surface area contributed by atoms with Crippen molar-refractivity contribution in [2.75, 3.05) is 13.7 Å². The van der Waals surface area contributed by atoms with E-state index in [4.69, 9.17) is 4.74 Å². The Balaban J connectivity index is 2.82. The number of hydrogen-bond acceptors (Lipinski definition) is 3. The van der Waals surface area contributed by atoms with Gasteiger partial charge in [-0.2, -0.15) is 5.10 Å². The summed E-state index contributed by atoms with van der Waals surface area (Å²) in [5.41, 5.74) is 1.32. The Hall–Kier alpha value is -0.870. The fourth-order valence-electron chi connectivity index (χ4n) is 1.86. The summed E-state index contributed by atoms with van der Waals surface area (Å²) in [6.45, 7) is 7.09. The van der Waals surface area contributed by atoms with Crippen LogP contribution in [0.15, 0.2) is 6.07 Å². The Morgan fingerprint density at radius 2 is 2.19 bits per heavy atom. The van der Waals surface area contributed by atoms with Gasteiger partial charge < -0.3 is 9.84 Å². The summed E-state index contributed by atoms with van der Waals surface area (Å²) in [6, 6.07) is 2.06. The summed E-state index contributed by atoms with van der Waals surface area (Å²) >= 11 is 0. The number of ether oxygens (including phenoxy) is 1. The lowest BCUT2D eigenvalue weighted by atomic mass is 10.0. The van der Waals surface area contributed by atoms with E-state index in [1.807, 2.05) is 4.68 Å². The number of nitrogens with zero attached hydrogens (tertiary/aromatic N) is 2. The molecule has 0 aliphatic heterocycles. The molecule has 1 N–H and O–H groups in total. The highest BCUT2D eigenvalue weighted by molar-refractivity contribution is 5.12. The second kappa shape index (κ2) is 5.46. The van der Waals surface area contributed by atoms with Crippen molar-refractivity contribution in [3.8, 4) is 0 Å². The summed E-state index contributed by atoms with van der Waals surface area (Å²) < 4.78 is 6.95. The number of aliphatic hydroxyl groups is 1. The maximum Gasteiger partial charge on any atom is 0.0907 e. The van der Waals surface area contributed by atoms with Gasteiger partial charge in [0.05, 0.1) is 17.9 Å². The third-order valence-electron chi connectivity index (χ3n) is 2.59. The molecule has 1 aromatic heterocycles. The Bertz CT molecular complexity index is 332. The SMILES string of the molecule is CCc1cc(CC(C)(O)COC)n(CC)n1. The first kappa shape index (κ1) is 13.2. The largest absolute Gasteiger partial charge is 0.387 e. The van der Waals surface area contributed by atoms with E-state index in [9.17, 15) is 5.11 Å². The van der Waals surface area contributed by atoms with Gasteiger partial charge in [0.2, 0.25) is 0 Å². The predicted octanol–water partition coefficient (Wildman–Crippen LogP) is 1.41. The molecule has 0 bridgehead atoms. The van der Waals surface area contributed by atoms with Crippen LogP contribution in [0.25, 0.3) is 0 Å². The topological polar surface area (TPSA) is 47.3 Å². The Kier molecular flexibility index (Phi) is 4.50. The normalized spacial score (nSPS) is 15.1. The van der Waals surface area contributed by atoms with E-state index in [-0.39, 0.29) is 0 Å². The van der Waals surface area contributed by atoms with Crippen molar-refractivity contribution in [1.29, 1.82) is 0 Å². The van der Waals surface area contributed by atoms with Crippen LogP contribution in [0.1, 0.15) is 32.2 Å². The third kappa shape index (κ3) is 3.32. The fraction of sp³-hybridized carbons (Fsp3) is 0.750. The predicted molar refractivity (Wildman–Crippen MR) is 63.5 cm³/mol. The number of rotatable bonds is 6. The monoisotopic (exact) mass is 226 g/mol. The van der Waals surface area contributed by atoms with Crippen molar-refractivity contribution in [2.45, 2.75) is 45.8 Å². The molecule has 1 unspecified atom stereocenters. The highest BCUT2D eigenvalue weighted by Gasteiger charge is 2.23. The summed E-state index contributed by atoms with van der Waals surface area (Å²) in [5, 5.41) is 14.6. The van der Waals surface area contributed by atoms with Gasteiger partial charge in [-0.3, -0.25) is 4.68 Å². The van der Waals surface area contributed by atoms with Crippen molar-refractivity contribution in [2.24, 2.45) is 0 Å². The maximum atomic E-state index is 10.1. The summed E-state index contributed by atoms with van der Waals surface area (Å²) in [5.74, 6) is 0. The van der Waals surface area contributed by atoms with Crippen molar-refractivity contribution < 1.29 is 9.84 Å².